The molecule has 0 radical (unpaired) electrons. The van der Waals surface area contributed by atoms with E-state index in [-0.39, 0.29) is 30.6 Å². The van der Waals surface area contributed by atoms with Gasteiger partial charge in [-0.05, 0) is 133 Å². The minimum atomic E-state index is -1.64. The number of carboxylic acid groups (broad SMARTS) is 1. The van der Waals surface area contributed by atoms with Gasteiger partial charge in [-0.3, -0.25) is 14.4 Å². The van der Waals surface area contributed by atoms with Crippen LogP contribution < -0.4 is 5.73 Å². The van der Waals surface area contributed by atoms with Crippen LogP contribution in [-0.2, 0) is 25.5 Å². The topological polar surface area (TPSA) is 156 Å². The number of hydrogen-bond donors (Lipinski definition) is 4. The van der Waals surface area contributed by atoms with Crippen LogP contribution in [-0.4, -0.2) is 67.5 Å². The van der Waals surface area contributed by atoms with Crippen molar-refractivity contribution in [3.05, 3.63) is 46.0 Å². The zero-order valence-electron chi connectivity index (χ0n) is 28.4. The van der Waals surface area contributed by atoms with Crippen molar-refractivity contribution < 1.29 is 39.2 Å². The Morgan fingerprint density at radius 2 is 1.74 bits per heavy atom. The molecule has 9 heteroatoms. The van der Waals surface area contributed by atoms with Crippen molar-refractivity contribution in [3.8, 4) is 0 Å². The van der Waals surface area contributed by atoms with Crippen LogP contribution in [0.1, 0.15) is 115 Å². The highest BCUT2D eigenvalue weighted by atomic mass is 16.5. The van der Waals surface area contributed by atoms with Crippen molar-refractivity contribution in [2.75, 3.05) is 5.73 Å². The molecular weight excluding hydrogens is 586 g/mol. The van der Waals surface area contributed by atoms with Crippen LogP contribution in [0, 0.1) is 16.7 Å². The maximum Gasteiger partial charge on any atom is 0.310 e. The zero-order chi connectivity index (χ0) is 34.0. The highest BCUT2D eigenvalue weighted by Gasteiger charge is 2.70. The van der Waals surface area contributed by atoms with Gasteiger partial charge in [-0.25, -0.2) is 0 Å². The second-order valence-electron chi connectivity index (χ2n) is 16.5. The number of ketones is 2. The molecule has 0 amide bonds. The van der Waals surface area contributed by atoms with E-state index in [0.29, 0.717) is 36.1 Å². The first-order valence-electron chi connectivity index (χ1n) is 16.5. The predicted octanol–water partition coefficient (Wildman–Crippen LogP) is 5.19. The maximum atomic E-state index is 14.1. The van der Waals surface area contributed by atoms with E-state index in [1.54, 1.807) is 13.8 Å². The van der Waals surface area contributed by atoms with Gasteiger partial charge in [0.25, 0.3) is 0 Å². The molecule has 1 aromatic rings. The van der Waals surface area contributed by atoms with Gasteiger partial charge in [0.05, 0.1) is 33.9 Å². The van der Waals surface area contributed by atoms with E-state index >= 15 is 0 Å². The van der Waals surface area contributed by atoms with E-state index in [4.69, 9.17) is 15.2 Å². The number of benzene rings is 1. The summed E-state index contributed by atoms with van der Waals surface area (Å²) in [4.78, 5) is 40.4. The molecule has 0 saturated heterocycles. The summed E-state index contributed by atoms with van der Waals surface area (Å²) in [5, 5.41) is 33.8. The minimum absolute atomic E-state index is 0.0368. The maximum absolute atomic E-state index is 14.1. The molecule has 9 nitrogen and oxygen atoms in total. The molecule has 5 N–H and O–H groups in total. The Morgan fingerprint density at radius 1 is 1.07 bits per heavy atom. The van der Waals surface area contributed by atoms with E-state index in [2.05, 4.69) is 27.7 Å². The molecule has 250 valence electrons. The fourth-order valence-electron chi connectivity index (χ4n) is 9.76. The molecule has 6 rings (SSSR count). The standard InChI is InChI=1S/C37H49NO8/c1-32(2)18-23-21-16-26(38)22(13-19(21)14-24(23)34(5,6)46-32)27(39)15-20-9-12-37(44)25-17-28(40)30(33(3,4)43)45-29(25)10-11-35(37,7)36(20,8)31(41)42/h13,16-17,20,29-30,43-44H,9-12,14-15,18,38H2,1-8H3,(H,41,42)/t20-,29-,30-,35+,36+,37+/m0/s1. The molecule has 6 atom stereocenters. The average molecular weight is 636 g/mol. The van der Waals surface area contributed by atoms with Crippen LogP contribution in [0.25, 0.3) is 5.57 Å². The van der Waals surface area contributed by atoms with Crippen molar-refractivity contribution in [2.24, 2.45) is 16.7 Å². The van der Waals surface area contributed by atoms with E-state index < -0.39 is 57.5 Å². The lowest BCUT2D eigenvalue weighted by atomic mass is 9.41. The molecule has 3 aliphatic carbocycles. The number of nitrogen functional groups attached to an aromatic ring is 1. The van der Waals surface area contributed by atoms with Crippen molar-refractivity contribution in [2.45, 2.75) is 135 Å². The molecule has 2 heterocycles. The Bertz CT molecular complexity index is 1610. The first-order chi connectivity index (χ1) is 21.1. The summed E-state index contributed by atoms with van der Waals surface area (Å²) >= 11 is 0. The normalized spacial score (nSPS) is 36.3. The van der Waals surface area contributed by atoms with Crippen LogP contribution in [0.4, 0.5) is 5.69 Å². The summed E-state index contributed by atoms with van der Waals surface area (Å²) in [6.07, 6.45) is 2.18. The van der Waals surface area contributed by atoms with Crippen LogP contribution >= 0.6 is 0 Å². The monoisotopic (exact) mass is 635 g/mol. The largest absolute Gasteiger partial charge is 0.481 e. The number of carboxylic acids is 1. The number of rotatable bonds is 5. The van der Waals surface area contributed by atoms with Gasteiger partial charge in [0.2, 0.25) is 0 Å². The summed E-state index contributed by atoms with van der Waals surface area (Å²) in [6.45, 7) is 14.7. The molecule has 5 aliphatic rings. The van der Waals surface area contributed by atoms with Gasteiger partial charge < -0.3 is 30.5 Å². The molecule has 2 aliphatic heterocycles. The molecule has 46 heavy (non-hydrogen) atoms. The van der Waals surface area contributed by atoms with Gasteiger partial charge >= 0.3 is 5.97 Å². The van der Waals surface area contributed by atoms with Crippen molar-refractivity contribution >= 4 is 28.8 Å². The Morgan fingerprint density at radius 3 is 2.37 bits per heavy atom. The molecule has 0 unspecified atom stereocenters. The van der Waals surface area contributed by atoms with E-state index in [1.165, 1.54) is 31.1 Å². The third kappa shape index (κ3) is 4.60. The van der Waals surface area contributed by atoms with Gasteiger partial charge in [-0.1, -0.05) is 6.92 Å². The third-order valence-electron chi connectivity index (χ3n) is 12.3. The van der Waals surface area contributed by atoms with E-state index in [9.17, 15) is 29.7 Å². The van der Waals surface area contributed by atoms with Crippen molar-refractivity contribution in [1.82, 2.24) is 0 Å². The Hall–Kier alpha value is -2.85. The number of nitrogens with two attached hydrogens (primary N) is 1. The van der Waals surface area contributed by atoms with Gasteiger partial charge in [0.15, 0.2) is 11.6 Å². The highest BCUT2D eigenvalue weighted by Crippen LogP contribution is 2.66. The Kier molecular flexibility index (Phi) is 7.25. The van der Waals surface area contributed by atoms with Crippen LogP contribution in [0.3, 0.4) is 0 Å². The molecule has 1 aromatic carbocycles. The number of ether oxygens (including phenoxy) is 2. The Balaban J connectivity index is 1.31. The molecule has 0 spiro atoms. The number of aliphatic hydroxyl groups is 2. The summed E-state index contributed by atoms with van der Waals surface area (Å²) in [5.41, 5.74) is 5.67. The average Bonchev–Trinajstić information content (AvgIpc) is 3.27. The number of fused-ring (bicyclic) bond motifs is 5. The minimum Gasteiger partial charge on any atom is -0.481 e. The lowest BCUT2D eigenvalue weighted by Gasteiger charge is -2.64. The predicted molar refractivity (Wildman–Crippen MR) is 173 cm³/mol. The van der Waals surface area contributed by atoms with Crippen LogP contribution in [0.2, 0.25) is 0 Å². The van der Waals surface area contributed by atoms with Gasteiger partial charge in [0, 0.05) is 29.5 Å². The second-order valence-corrected chi connectivity index (χ2v) is 16.5. The van der Waals surface area contributed by atoms with Gasteiger partial charge in [-0.2, -0.15) is 0 Å². The lowest BCUT2D eigenvalue weighted by molar-refractivity contribution is -0.225. The number of carbonyl (C=O) groups excluding carboxylic acids is 2. The number of anilines is 1. The number of hydrogen-bond acceptors (Lipinski definition) is 8. The molecular formula is C37H49NO8. The van der Waals surface area contributed by atoms with E-state index in [1.807, 2.05) is 12.1 Å². The third-order valence-corrected chi connectivity index (χ3v) is 12.3. The van der Waals surface area contributed by atoms with Gasteiger partial charge in [0.1, 0.15) is 6.10 Å². The Labute approximate surface area is 271 Å². The van der Waals surface area contributed by atoms with Crippen molar-refractivity contribution in [3.63, 3.8) is 0 Å². The van der Waals surface area contributed by atoms with E-state index in [0.717, 1.165) is 17.5 Å². The quantitative estimate of drug-likeness (QED) is 0.252. The van der Waals surface area contributed by atoms with Gasteiger partial charge in [-0.15, -0.1) is 0 Å². The first-order valence-corrected chi connectivity index (χ1v) is 16.5. The fourth-order valence-corrected chi connectivity index (χ4v) is 9.76. The molecule has 2 fully saturated rings. The highest BCUT2D eigenvalue weighted by molar-refractivity contribution is 6.02. The molecule has 0 aromatic heterocycles. The molecule has 0 bridgehead atoms. The first kappa shape index (κ1) is 33.1. The lowest BCUT2D eigenvalue weighted by Crippen LogP contribution is -2.69. The molecule has 2 saturated carbocycles. The zero-order valence-corrected chi connectivity index (χ0v) is 28.4. The summed E-state index contributed by atoms with van der Waals surface area (Å²) in [6, 6.07) is 3.78. The van der Waals surface area contributed by atoms with Crippen LogP contribution in [0.5, 0.6) is 0 Å². The summed E-state index contributed by atoms with van der Waals surface area (Å²) in [7, 11) is 0. The SMILES string of the molecule is CC1(C)CC2=C(Cc3cc(C(=O)C[C@@H]4CC[C@@]5(O)C6=CC(=O)[C@@H](C(C)(C)O)O[C@H]6CC[C@]5(C)[C@@]4(C)C(=O)O)c(N)cc32)C(C)(C)O1. The van der Waals surface area contributed by atoms with Crippen LogP contribution in [0.15, 0.2) is 29.4 Å². The number of Topliss-reactive ketones (excluding diaryl/α,β-unsaturated/α-hetero) is 1. The summed E-state index contributed by atoms with van der Waals surface area (Å²) < 4.78 is 12.5. The number of aliphatic carboxylic acids is 1. The smallest absolute Gasteiger partial charge is 0.310 e. The number of carbonyl (C=O) groups is 3. The van der Waals surface area contributed by atoms with Crippen molar-refractivity contribution in [1.29, 1.82) is 0 Å². The second kappa shape index (κ2) is 10.1. The fraction of sp³-hybridized carbons (Fsp3) is 0.649. The summed E-state index contributed by atoms with van der Waals surface area (Å²) in [5.74, 6) is -2.35.